The van der Waals surface area contributed by atoms with Gasteiger partial charge >= 0.3 is 0 Å². The number of hydrogen-bond acceptors (Lipinski definition) is 3. The Morgan fingerprint density at radius 2 is 2.08 bits per heavy atom. The minimum absolute atomic E-state index is 0.400. The van der Waals surface area contributed by atoms with Gasteiger partial charge in [0, 0.05) is 6.92 Å². The normalized spacial score (nSPS) is 10.5. The summed E-state index contributed by atoms with van der Waals surface area (Å²) >= 11 is 0. The predicted molar refractivity (Wildman–Crippen MR) is 46.8 cm³/mol. The molecule has 0 amide bonds. The molecular formula is C9H7NO3. The maximum Gasteiger partial charge on any atom is 0.297 e. The quantitative estimate of drug-likeness (QED) is 0.608. The first-order valence-electron chi connectivity index (χ1n) is 3.82. The molecule has 0 saturated heterocycles. The zero-order valence-electron chi connectivity index (χ0n) is 6.98. The lowest BCUT2D eigenvalue weighted by molar-refractivity contribution is 0.0825. The van der Waals surface area contributed by atoms with Gasteiger partial charge in [0.15, 0.2) is 5.58 Å². The molecule has 2 aromatic rings. The minimum Gasteiger partial charge on any atom is -0.368 e. The molecule has 0 aliphatic heterocycles. The molecule has 4 nitrogen and oxygen atoms in total. The monoisotopic (exact) mass is 177 g/mol. The summed E-state index contributed by atoms with van der Waals surface area (Å²) in [5.41, 5.74) is 0.0331. The van der Waals surface area contributed by atoms with Crippen LogP contribution in [0, 0.1) is 0 Å². The van der Waals surface area contributed by atoms with Crippen LogP contribution in [0.2, 0.25) is 0 Å². The summed E-state index contributed by atoms with van der Waals surface area (Å²) in [6.07, 6.45) is 0. The van der Waals surface area contributed by atoms with Gasteiger partial charge in [-0.2, -0.15) is 0 Å². The summed E-state index contributed by atoms with van der Waals surface area (Å²) in [6, 6.07) is 6.75. The van der Waals surface area contributed by atoms with E-state index in [4.69, 9.17) is 4.52 Å². The first-order chi connectivity index (χ1) is 6.20. The van der Waals surface area contributed by atoms with E-state index in [-0.39, 0.29) is 0 Å². The Kier molecular flexibility index (Phi) is 1.55. The molecule has 0 unspecified atom stereocenters. The number of aromatic nitrogens is 1. The smallest absolute Gasteiger partial charge is 0.297 e. The summed E-state index contributed by atoms with van der Waals surface area (Å²) in [6.45, 7) is 1.28. The average molecular weight is 177 g/mol. The largest absolute Gasteiger partial charge is 0.368 e. The predicted octanol–water partition coefficient (Wildman–Crippen LogP) is 1.25. The summed E-state index contributed by atoms with van der Waals surface area (Å²) in [5, 5.41) is 0.428. The van der Waals surface area contributed by atoms with Gasteiger partial charge in [0.05, 0.1) is 5.39 Å². The van der Waals surface area contributed by atoms with Crippen molar-refractivity contribution in [3.05, 3.63) is 34.6 Å². The number of rotatable bonds is 0. The van der Waals surface area contributed by atoms with E-state index in [2.05, 4.69) is 0 Å². The highest BCUT2D eigenvalue weighted by Gasteiger charge is 2.10. The standard InChI is InChI=1S/C9H7NO3/c1-6(11)10-9(12)7-4-2-3-5-8(7)13-10/h2-5H,1H3. The fourth-order valence-electron chi connectivity index (χ4n) is 1.18. The molecule has 0 atom stereocenters. The molecule has 4 heteroatoms. The molecule has 0 N–H and O–H groups in total. The molecule has 1 heterocycles. The fourth-order valence-corrected chi connectivity index (χ4v) is 1.18. The van der Waals surface area contributed by atoms with Crippen LogP contribution in [-0.4, -0.2) is 10.6 Å². The number of hydrogen-bond donors (Lipinski definition) is 0. The third kappa shape index (κ3) is 1.07. The number of carbonyl (C=O) groups excluding carboxylic acids is 1. The number of para-hydroxylation sites is 1. The fraction of sp³-hybridized carbons (Fsp3) is 0.111. The molecule has 2 rings (SSSR count). The van der Waals surface area contributed by atoms with Crippen molar-refractivity contribution in [1.82, 2.24) is 4.74 Å². The number of carbonyl (C=O) groups is 1. The van der Waals surface area contributed by atoms with E-state index in [0.29, 0.717) is 11.0 Å². The average Bonchev–Trinajstić information content (AvgIpc) is 2.45. The van der Waals surface area contributed by atoms with Gasteiger partial charge in [-0.1, -0.05) is 12.1 Å². The summed E-state index contributed by atoms with van der Waals surface area (Å²) in [5.74, 6) is -0.416. The van der Waals surface area contributed by atoms with Crippen LogP contribution in [0.15, 0.2) is 33.6 Å². The molecule has 66 valence electrons. The molecule has 0 spiro atoms. The second-order valence-electron chi connectivity index (χ2n) is 2.71. The lowest BCUT2D eigenvalue weighted by Crippen LogP contribution is -2.19. The molecule has 0 saturated carbocycles. The van der Waals surface area contributed by atoms with Crippen molar-refractivity contribution in [1.29, 1.82) is 0 Å². The highest BCUT2D eigenvalue weighted by Crippen LogP contribution is 2.08. The van der Waals surface area contributed by atoms with Crippen LogP contribution < -0.4 is 5.56 Å². The second-order valence-corrected chi connectivity index (χ2v) is 2.71. The van der Waals surface area contributed by atoms with Crippen LogP contribution in [0.1, 0.15) is 11.7 Å². The van der Waals surface area contributed by atoms with Gasteiger partial charge in [0.1, 0.15) is 0 Å². The molecule has 0 aliphatic rings. The maximum absolute atomic E-state index is 11.4. The number of nitrogens with zero attached hydrogens (tertiary/aromatic N) is 1. The summed E-state index contributed by atoms with van der Waals surface area (Å²) in [4.78, 5) is 22.3. The van der Waals surface area contributed by atoms with Crippen LogP contribution in [-0.2, 0) is 0 Å². The van der Waals surface area contributed by atoms with Crippen molar-refractivity contribution < 1.29 is 9.32 Å². The molecule has 1 aromatic heterocycles. The van der Waals surface area contributed by atoms with E-state index in [1.165, 1.54) is 6.92 Å². The summed E-state index contributed by atoms with van der Waals surface area (Å²) < 4.78 is 5.77. The van der Waals surface area contributed by atoms with E-state index >= 15 is 0 Å². The van der Waals surface area contributed by atoms with E-state index in [9.17, 15) is 9.59 Å². The van der Waals surface area contributed by atoms with E-state index in [1.807, 2.05) is 0 Å². The SMILES string of the molecule is CC(=O)n1oc2ccccc2c1=O. The van der Waals surface area contributed by atoms with Crippen LogP contribution in [0.4, 0.5) is 0 Å². The second kappa shape index (κ2) is 2.58. The third-order valence-corrected chi connectivity index (χ3v) is 1.78. The Labute approximate surface area is 73.3 Å². The topological polar surface area (TPSA) is 52.2 Å². The molecule has 0 fully saturated rings. The Morgan fingerprint density at radius 1 is 1.38 bits per heavy atom. The van der Waals surface area contributed by atoms with Crippen molar-refractivity contribution >= 4 is 16.9 Å². The lowest BCUT2D eigenvalue weighted by atomic mass is 10.3. The minimum atomic E-state index is -0.416. The molecule has 0 aliphatic carbocycles. The van der Waals surface area contributed by atoms with Crippen LogP contribution >= 0.6 is 0 Å². The Hall–Kier alpha value is -1.84. The van der Waals surface area contributed by atoms with Crippen LogP contribution in [0.25, 0.3) is 11.0 Å². The summed E-state index contributed by atoms with van der Waals surface area (Å²) in [7, 11) is 0. The van der Waals surface area contributed by atoms with Gasteiger partial charge in [-0.3, -0.25) is 9.59 Å². The molecular weight excluding hydrogens is 170 g/mol. The lowest BCUT2D eigenvalue weighted by Gasteiger charge is -1.87. The van der Waals surface area contributed by atoms with Gasteiger partial charge in [-0.05, 0) is 12.1 Å². The van der Waals surface area contributed by atoms with Crippen molar-refractivity contribution in [3.63, 3.8) is 0 Å². The molecule has 0 bridgehead atoms. The van der Waals surface area contributed by atoms with Gasteiger partial charge in [-0.25, -0.2) is 0 Å². The first kappa shape index (κ1) is 7.79. The Morgan fingerprint density at radius 3 is 2.69 bits per heavy atom. The third-order valence-electron chi connectivity index (χ3n) is 1.78. The molecule has 0 radical (unpaired) electrons. The highest BCUT2D eigenvalue weighted by atomic mass is 16.5. The van der Waals surface area contributed by atoms with E-state index in [0.717, 1.165) is 4.74 Å². The van der Waals surface area contributed by atoms with Crippen LogP contribution in [0.5, 0.6) is 0 Å². The van der Waals surface area contributed by atoms with Gasteiger partial charge in [0.25, 0.3) is 11.5 Å². The maximum atomic E-state index is 11.4. The zero-order valence-corrected chi connectivity index (χ0v) is 6.98. The number of benzene rings is 1. The zero-order chi connectivity index (χ0) is 9.42. The van der Waals surface area contributed by atoms with Gasteiger partial charge < -0.3 is 4.52 Å². The van der Waals surface area contributed by atoms with Crippen molar-refractivity contribution in [2.24, 2.45) is 0 Å². The highest BCUT2D eigenvalue weighted by molar-refractivity contribution is 5.81. The Balaban J connectivity index is 2.90. The molecule has 1 aromatic carbocycles. The van der Waals surface area contributed by atoms with Gasteiger partial charge in [-0.15, -0.1) is 4.74 Å². The van der Waals surface area contributed by atoms with E-state index in [1.54, 1.807) is 24.3 Å². The Bertz CT molecular complexity index is 521. The van der Waals surface area contributed by atoms with Crippen LogP contribution in [0.3, 0.4) is 0 Å². The van der Waals surface area contributed by atoms with Crippen molar-refractivity contribution in [3.8, 4) is 0 Å². The number of fused-ring (bicyclic) bond motifs is 1. The van der Waals surface area contributed by atoms with Gasteiger partial charge in [0.2, 0.25) is 0 Å². The van der Waals surface area contributed by atoms with Crippen molar-refractivity contribution in [2.75, 3.05) is 0 Å². The van der Waals surface area contributed by atoms with Crippen molar-refractivity contribution in [2.45, 2.75) is 6.92 Å². The van der Waals surface area contributed by atoms with E-state index < -0.39 is 11.5 Å². The first-order valence-corrected chi connectivity index (χ1v) is 3.82. The molecule has 13 heavy (non-hydrogen) atoms.